The standard InChI is InChI=1S/C11H18BrN3/c1-3-15(8-4-7-13)11-6-5-10(12)9(2)14-11/h5-6H,3-4,7-8,13H2,1-2H3. The van der Waals surface area contributed by atoms with E-state index in [2.05, 4.69) is 32.7 Å². The van der Waals surface area contributed by atoms with E-state index >= 15 is 0 Å². The number of hydrogen-bond donors (Lipinski definition) is 1. The molecule has 0 radical (unpaired) electrons. The first kappa shape index (κ1) is 12.5. The van der Waals surface area contributed by atoms with Gasteiger partial charge in [0, 0.05) is 17.6 Å². The first-order chi connectivity index (χ1) is 7.19. The topological polar surface area (TPSA) is 42.1 Å². The Labute approximate surface area is 99.8 Å². The highest BCUT2D eigenvalue weighted by Gasteiger charge is 2.06. The largest absolute Gasteiger partial charge is 0.357 e. The van der Waals surface area contributed by atoms with Crippen LogP contribution in [0.1, 0.15) is 19.0 Å². The SMILES string of the molecule is CCN(CCCN)c1ccc(Br)c(C)n1. The van der Waals surface area contributed by atoms with Crippen molar-refractivity contribution < 1.29 is 0 Å². The van der Waals surface area contributed by atoms with Crippen molar-refractivity contribution in [2.24, 2.45) is 5.73 Å². The summed E-state index contributed by atoms with van der Waals surface area (Å²) in [6.45, 7) is 6.81. The van der Waals surface area contributed by atoms with Gasteiger partial charge in [0.05, 0.1) is 5.69 Å². The summed E-state index contributed by atoms with van der Waals surface area (Å²) in [5.74, 6) is 1.03. The lowest BCUT2D eigenvalue weighted by Crippen LogP contribution is -2.26. The second-order valence-corrected chi connectivity index (χ2v) is 4.31. The van der Waals surface area contributed by atoms with Gasteiger partial charge in [0.2, 0.25) is 0 Å². The molecule has 15 heavy (non-hydrogen) atoms. The second kappa shape index (κ2) is 6.08. The molecule has 1 aromatic rings. The van der Waals surface area contributed by atoms with Crippen molar-refractivity contribution >= 4 is 21.7 Å². The Kier molecular flexibility index (Phi) is 5.05. The van der Waals surface area contributed by atoms with Gasteiger partial charge in [-0.3, -0.25) is 0 Å². The predicted molar refractivity (Wildman–Crippen MR) is 68.2 cm³/mol. The highest BCUT2D eigenvalue weighted by Crippen LogP contribution is 2.18. The molecule has 0 atom stereocenters. The molecule has 2 N–H and O–H groups in total. The van der Waals surface area contributed by atoms with Crippen molar-refractivity contribution in [1.82, 2.24) is 4.98 Å². The van der Waals surface area contributed by atoms with Crippen molar-refractivity contribution in [2.45, 2.75) is 20.3 Å². The Morgan fingerprint density at radius 1 is 1.47 bits per heavy atom. The summed E-state index contributed by atoms with van der Waals surface area (Å²) in [5.41, 5.74) is 6.54. The van der Waals surface area contributed by atoms with Crippen LogP contribution in [0.3, 0.4) is 0 Å². The van der Waals surface area contributed by atoms with E-state index < -0.39 is 0 Å². The molecule has 0 aromatic carbocycles. The summed E-state index contributed by atoms with van der Waals surface area (Å²) in [4.78, 5) is 6.78. The molecule has 1 heterocycles. The van der Waals surface area contributed by atoms with Crippen LogP contribution in [0, 0.1) is 6.92 Å². The maximum atomic E-state index is 5.51. The summed E-state index contributed by atoms with van der Waals surface area (Å²) < 4.78 is 1.06. The van der Waals surface area contributed by atoms with Crippen LogP contribution >= 0.6 is 15.9 Å². The summed E-state index contributed by atoms with van der Waals surface area (Å²) >= 11 is 3.45. The van der Waals surface area contributed by atoms with Gasteiger partial charge in [-0.25, -0.2) is 4.98 Å². The fraction of sp³-hybridized carbons (Fsp3) is 0.545. The van der Waals surface area contributed by atoms with Gasteiger partial charge < -0.3 is 10.6 Å². The number of aromatic nitrogens is 1. The van der Waals surface area contributed by atoms with Crippen LogP contribution in [-0.2, 0) is 0 Å². The fourth-order valence-corrected chi connectivity index (χ4v) is 1.64. The van der Waals surface area contributed by atoms with Crippen LogP contribution in [0.4, 0.5) is 5.82 Å². The monoisotopic (exact) mass is 271 g/mol. The highest BCUT2D eigenvalue weighted by atomic mass is 79.9. The highest BCUT2D eigenvalue weighted by molar-refractivity contribution is 9.10. The lowest BCUT2D eigenvalue weighted by Gasteiger charge is -2.22. The molecule has 0 bridgehead atoms. The third-order valence-electron chi connectivity index (χ3n) is 2.34. The minimum Gasteiger partial charge on any atom is -0.357 e. The van der Waals surface area contributed by atoms with Gasteiger partial charge in [0.15, 0.2) is 0 Å². The molecule has 84 valence electrons. The molecule has 0 fully saturated rings. The molecule has 1 rings (SSSR count). The maximum absolute atomic E-state index is 5.51. The molecule has 4 heteroatoms. The summed E-state index contributed by atoms with van der Waals surface area (Å²) in [5, 5.41) is 0. The Hall–Kier alpha value is -0.610. The fourth-order valence-electron chi connectivity index (χ4n) is 1.42. The minimum atomic E-state index is 0.728. The van der Waals surface area contributed by atoms with Gasteiger partial charge in [0.1, 0.15) is 5.82 Å². The normalized spacial score (nSPS) is 10.4. The Balaban J connectivity index is 2.78. The molecule has 0 spiro atoms. The number of rotatable bonds is 5. The van der Waals surface area contributed by atoms with Gasteiger partial charge in [-0.15, -0.1) is 0 Å². The van der Waals surface area contributed by atoms with Crippen LogP contribution < -0.4 is 10.6 Å². The number of hydrogen-bond acceptors (Lipinski definition) is 3. The number of nitrogens with zero attached hydrogens (tertiary/aromatic N) is 2. The zero-order valence-corrected chi connectivity index (χ0v) is 10.9. The van der Waals surface area contributed by atoms with Gasteiger partial charge >= 0.3 is 0 Å². The molecule has 0 aliphatic heterocycles. The first-order valence-corrected chi connectivity index (χ1v) is 6.06. The first-order valence-electron chi connectivity index (χ1n) is 5.27. The summed E-state index contributed by atoms with van der Waals surface area (Å²) in [6.07, 6.45) is 1.00. The molecular weight excluding hydrogens is 254 g/mol. The number of aryl methyl sites for hydroxylation is 1. The van der Waals surface area contributed by atoms with E-state index in [0.717, 1.165) is 42.0 Å². The zero-order valence-electron chi connectivity index (χ0n) is 9.33. The van der Waals surface area contributed by atoms with Gasteiger partial charge in [0.25, 0.3) is 0 Å². The molecule has 0 aliphatic carbocycles. The van der Waals surface area contributed by atoms with Crippen LogP contribution in [0.5, 0.6) is 0 Å². The van der Waals surface area contributed by atoms with E-state index in [1.54, 1.807) is 0 Å². The Morgan fingerprint density at radius 3 is 2.73 bits per heavy atom. The van der Waals surface area contributed by atoms with Crippen molar-refractivity contribution in [1.29, 1.82) is 0 Å². The number of nitrogens with two attached hydrogens (primary N) is 1. The van der Waals surface area contributed by atoms with Crippen LogP contribution in [0.15, 0.2) is 16.6 Å². The van der Waals surface area contributed by atoms with E-state index in [1.165, 1.54) is 0 Å². The molecular formula is C11H18BrN3. The summed E-state index contributed by atoms with van der Waals surface area (Å²) in [6, 6.07) is 4.08. The molecule has 0 unspecified atom stereocenters. The van der Waals surface area contributed by atoms with Crippen LogP contribution in [-0.4, -0.2) is 24.6 Å². The third kappa shape index (κ3) is 3.47. The lowest BCUT2D eigenvalue weighted by molar-refractivity contribution is 0.743. The van der Waals surface area contributed by atoms with Gasteiger partial charge in [-0.05, 0) is 54.9 Å². The quantitative estimate of drug-likeness (QED) is 0.894. The lowest BCUT2D eigenvalue weighted by atomic mass is 10.3. The molecule has 0 saturated heterocycles. The van der Waals surface area contributed by atoms with Crippen molar-refractivity contribution in [3.05, 3.63) is 22.3 Å². The number of pyridine rings is 1. The minimum absolute atomic E-state index is 0.728. The molecule has 0 amide bonds. The molecule has 1 aromatic heterocycles. The van der Waals surface area contributed by atoms with Gasteiger partial charge in [-0.1, -0.05) is 0 Å². The van der Waals surface area contributed by atoms with E-state index in [9.17, 15) is 0 Å². The number of halogens is 1. The summed E-state index contributed by atoms with van der Waals surface area (Å²) in [7, 11) is 0. The smallest absolute Gasteiger partial charge is 0.128 e. The van der Waals surface area contributed by atoms with Crippen molar-refractivity contribution in [2.75, 3.05) is 24.5 Å². The van der Waals surface area contributed by atoms with Crippen LogP contribution in [0.25, 0.3) is 0 Å². The van der Waals surface area contributed by atoms with Crippen molar-refractivity contribution in [3.8, 4) is 0 Å². The average Bonchev–Trinajstić information content (AvgIpc) is 2.24. The molecule has 3 nitrogen and oxygen atoms in total. The van der Waals surface area contributed by atoms with E-state index in [-0.39, 0.29) is 0 Å². The van der Waals surface area contributed by atoms with E-state index in [0.29, 0.717) is 0 Å². The predicted octanol–water partition coefficient (Wildman–Crippen LogP) is 2.33. The third-order valence-corrected chi connectivity index (χ3v) is 3.18. The average molecular weight is 272 g/mol. The van der Waals surface area contributed by atoms with Gasteiger partial charge in [-0.2, -0.15) is 0 Å². The molecule has 0 saturated carbocycles. The number of anilines is 1. The maximum Gasteiger partial charge on any atom is 0.128 e. The van der Waals surface area contributed by atoms with Crippen molar-refractivity contribution in [3.63, 3.8) is 0 Å². The molecule has 0 aliphatic rings. The second-order valence-electron chi connectivity index (χ2n) is 3.46. The Morgan fingerprint density at radius 2 is 2.20 bits per heavy atom. The van der Waals surface area contributed by atoms with E-state index in [1.807, 2.05) is 19.1 Å². The zero-order chi connectivity index (χ0) is 11.3. The Bertz CT molecular complexity index is 315. The van der Waals surface area contributed by atoms with E-state index in [4.69, 9.17) is 5.73 Å². The van der Waals surface area contributed by atoms with Crippen LogP contribution in [0.2, 0.25) is 0 Å².